The number of ether oxygens (including phenoxy) is 1. The Morgan fingerprint density at radius 2 is 1.93 bits per heavy atom. The van der Waals surface area contributed by atoms with Crippen molar-refractivity contribution >= 4 is 0 Å². The summed E-state index contributed by atoms with van der Waals surface area (Å²) in [7, 11) is 1.89. The van der Waals surface area contributed by atoms with E-state index in [1.165, 1.54) is 0 Å². The number of alkyl halides is 3. The summed E-state index contributed by atoms with van der Waals surface area (Å²) in [5.41, 5.74) is 0. The van der Waals surface area contributed by atoms with Crippen molar-refractivity contribution in [3.05, 3.63) is 0 Å². The minimum atomic E-state index is -4.20. The fraction of sp³-hybridized carbons (Fsp3) is 1.00. The Kier molecular flexibility index (Phi) is 7.78. The van der Waals surface area contributed by atoms with Crippen LogP contribution in [0.2, 0.25) is 0 Å². The van der Waals surface area contributed by atoms with Gasteiger partial charge in [-0.1, -0.05) is 13.3 Å². The van der Waals surface area contributed by atoms with Gasteiger partial charge in [0.05, 0.1) is 0 Å². The maximum absolute atomic E-state index is 11.7. The fourth-order valence-corrected chi connectivity index (χ4v) is 1.34. The molecule has 0 saturated heterocycles. The second-order valence-corrected chi connectivity index (χ2v) is 3.83. The van der Waals surface area contributed by atoms with Gasteiger partial charge in [-0.3, -0.25) is 0 Å². The molecule has 92 valence electrons. The maximum Gasteiger partial charge on any atom is 0.411 e. The number of rotatable bonds is 8. The second-order valence-electron chi connectivity index (χ2n) is 3.83. The van der Waals surface area contributed by atoms with E-state index in [0.717, 1.165) is 19.4 Å². The van der Waals surface area contributed by atoms with Crippen molar-refractivity contribution < 1.29 is 17.9 Å². The van der Waals surface area contributed by atoms with Gasteiger partial charge in [0.1, 0.15) is 6.61 Å². The second kappa shape index (κ2) is 7.93. The molecule has 0 aromatic rings. The normalized spacial score (nSPS) is 14.2. The molecule has 0 fully saturated rings. The van der Waals surface area contributed by atoms with Crippen molar-refractivity contribution in [3.63, 3.8) is 0 Å². The van der Waals surface area contributed by atoms with Crippen LogP contribution < -0.4 is 5.32 Å². The zero-order valence-electron chi connectivity index (χ0n) is 9.36. The lowest BCUT2D eigenvalue weighted by Crippen LogP contribution is -2.18. The first kappa shape index (κ1) is 14.7. The summed E-state index contributed by atoms with van der Waals surface area (Å²) >= 11 is 0. The van der Waals surface area contributed by atoms with E-state index >= 15 is 0 Å². The lowest BCUT2D eigenvalue weighted by Gasteiger charge is -2.10. The lowest BCUT2D eigenvalue weighted by molar-refractivity contribution is -0.174. The molecule has 0 aliphatic rings. The molecule has 1 atom stereocenters. The van der Waals surface area contributed by atoms with Crippen molar-refractivity contribution in [1.82, 2.24) is 5.32 Å². The summed E-state index contributed by atoms with van der Waals surface area (Å²) in [6.45, 7) is 2.14. The number of unbranched alkanes of at least 4 members (excludes halogenated alkanes) is 1. The molecular formula is C10H20F3NO. The van der Waals surface area contributed by atoms with E-state index in [-0.39, 0.29) is 6.61 Å². The van der Waals surface area contributed by atoms with Crippen LogP contribution in [0.1, 0.15) is 26.2 Å². The molecule has 0 rings (SSSR count). The standard InChI is InChI=1S/C10H20F3NO/c1-9(7-14-2)5-3-4-6-15-8-10(11,12)13/h9,14H,3-8H2,1-2H3. The van der Waals surface area contributed by atoms with E-state index in [1.54, 1.807) is 0 Å². The van der Waals surface area contributed by atoms with E-state index in [9.17, 15) is 13.2 Å². The Morgan fingerprint density at radius 3 is 2.47 bits per heavy atom. The Bertz CT molecular complexity index is 150. The molecule has 0 aromatic heterocycles. The quantitative estimate of drug-likeness (QED) is 0.643. The summed E-state index contributed by atoms with van der Waals surface area (Å²) in [5, 5.41) is 3.06. The highest BCUT2D eigenvalue weighted by molar-refractivity contribution is 4.55. The molecule has 1 N–H and O–H groups in total. The van der Waals surface area contributed by atoms with E-state index < -0.39 is 12.8 Å². The smallest absolute Gasteiger partial charge is 0.372 e. The van der Waals surface area contributed by atoms with Crippen LogP contribution in [0.15, 0.2) is 0 Å². The van der Waals surface area contributed by atoms with Crippen LogP contribution in [0.3, 0.4) is 0 Å². The number of halogens is 3. The Morgan fingerprint density at radius 1 is 1.27 bits per heavy atom. The summed E-state index contributed by atoms with van der Waals surface area (Å²) in [5.74, 6) is 0.567. The average Bonchev–Trinajstić information content (AvgIpc) is 2.09. The molecule has 5 heteroatoms. The zero-order chi connectivity index (χ0) is 11.7. The van der Waals surface area contributed by atoms with Crippen LogP contribution >= 0.6 is 0 Å². The van der Waals surface area contributed by atoms with Crippen LogP contribution in [-0.4, -0.2) is 33.0 Å². The predicted octanol–water partition coefficient (Wildman–Crippen LogP) is 2.59. The van der Waals surface area contributed by atoms with Crippen LogP contribution in [0, 0.1) is 5.92 Å². The van der Waals surface area contributed by atoms with Gasteiger partial charge in [0.15, 0.2) is 0 Å². The average molecular weight is 227 g/mol. The third-order valence-electron chi connectivity index (χ3n) is 2.05. The molecule has 15 heavy (non-hydrogen) atoms. The van der Waals surface area contributed by atoms with Crippen molar-refractivity contribution in [1.29, 1.82) is 0 Å². The first-order valence-electron chi connectivity index (χ1n) is 5.25. The number of hydrogen-bond donors (Lipinski definition) is 1. The third kappa shape index (κ3) is 11.6. The van der Waals surface area contributed by atoms with Gasteiger partial charge in [0.2, 0.25) is 0 Å². The van der Waals surface area contributed by atoms with Gasteiger partial charge in [-0.2, -0.15) is 13.2 Å². The van der Waals surface area contributed by atoms with Gasteiger partial charge in [0.25, 0.3) is 0 Å². The van der Waals surface area contributed by atoms with E-state index in [4.69, 9.17) is 0 Å². The van der Waals surface area contributed by atoms with Gasteiger partial charge < -0.3 is 10.1 Å². The number of hydrogen-bond acceptors (Lipinski definition) is 2. The molecular weight excluding hydrogens is 207 g/mol. The molecule has 0 bridgehead atoms. The molecule has 0 heterocycles. The highest BCUT2D eigenvalue weighted by Gasteiger charge is 2.27. The minimum Gasteiger partial charge on any atom is -0.372 e. The molecule has 0 aliphatic carbocycles. The van der Waals surface area contributed by atoms with E-state index in [1.807, 2.05) is 7.05 Å². The fourth-order valence-electron chi connectivity index (χ4n) is 1.34. The molecule has 0 amide bonds. The Hall–Kier alpha value is -0.290. The summed E-state index contributed by atoms with van der Waals surface area (Å²) in [4.78, 5) is 0. The third-order valence-corrected chi connectivity index (χ3v) is 2.05. The molecule has 0 aliphatic heterocycles. The first-order chi connectivity index (χ1) is 6.95. The van der Waals surface area contributed by atoms with Gasteiger partial charge in [0, 0.05) is 6.61 Å². The van der Waals surface area contributed by atoms with Gasteiger partial charge in [-0.05, 0) is 32.4 Å². The van der Waals surface area contributed by atoms with Crippen molar-refractivity contribution in [2.75, 3.05) is 26.8 Å². The summed E-state index contributed by atoms with van der Waals surface area (Å²) in [6.07, 6.45) is -1.56. The topological polar surface area (TPSA) is 21.3 Å². The molecule has 0 saturated carbocycles. The summed E-state index contributed by atoms with van der Waals surface area (Å²) in [6, 6.07) is 0. The Labute approximate surface area is 89.2 Å². The molecule has 2 nitrogen and oxygen atoms in total. The van der Waals surface area contributed by atoms with E-state index in [0.29, 0.717) is 12.3 Å². The predicted molar refractivity (Wildman–Crippen MR) is 53.8 cm³/mol. The summed E-state index contributed by atoms with van der Waals surface area (Å²) < 4.78 is 39.5. The van der Waals surface area contributed by atoms with Crippen LogP contribution in [0.4, 0.5) is 13.2 Å². The molecule has 0 spiro atoms. The SMILES string of the molecule is CNCC(C)CCCCOCC(F)(F)F. The van der Waals surface area contributed by atoms with Crippen molar-refractivity contribution in [2.24, 2.45) is 5.92 Å². The minimum absolute atomic E-state index is 0.200. The molecule has 1 unspecified atom stereocenters. The Balaban J connectivity index is 3.18. The van der Waals surface area contributed by atoms with Crippen molar-refractivity contribution in [3.8, 4) is 0 Å². The van der Waals surface area contributed by atoms with Gasteiger partial charge in [-0.15, -0.1) is 0 Å². The van der Waals surface area contributed by atoms with Crippen LogP contribution in [-0.2, 0) is 4.74 Å². The molecule has 0 aromatic carbocycles. The molecule has 0 radical (unpaired) electrons. The number of nitrogens with one attached hydrogen (secondary N) is 1. The van der Waals surface area contributed by atoms with Gasteiger partial charge >= 0.3 is 6.18 Å². The van der Waals surface area contributed by atoms with Crippen LogP contribution in [0.25, 0.3) is 0 Å². The first-order valence-corrected chi connectivity index (χ1v) is 5.25. The highest BCUT2D eigenvalue weighted by Crippen LogP contribution is 2.15. The van der Waals surface area contributed by atoms with Gasteiger partial charge in [-0.25, -0.2) is 0 Å². The highest BCUT2D eigenvalue weighted by atomic mass is 19.4. The monoisotopic (exact) mass is 227 g/mol. The van der Waals surface area contributed by atoms with Crippen LogP contribution in [0.5, 0.6) is 0 Å². The van der Waals surface area contributed by atoms with Crippen molar-refractivity contribution in [2.45, 2.75) is 32.4 Å². The zero-order valence-corrected chi connectivity index (χ0v) is 9.36. The lowest BCUT2D eigenvalue weighted by atomic mass is 10.0. The maximum atomic E-state index is 11.7. The van der Waals surface area contributed by atoms with E-state index in [2.05, 4.69) is 17.0 Å². The largest absolute Gasteiger partial charge is 0.411 e.